The lowest BCUT2D eigenvalue weighted by Crippen LogP contribution is -2.66. The van der Waals surface area contributed by atoms with E-state index in [1.165, 1.54) is 0 Å². The molecule has 1 saturated heterocycles. The van der Waals surface area contributed by atoms with E-state index >= 15 is 0 Å². The van der Waals surface area contributed by atoms with Crippen LogP contribution in [0, 0.1) is 28.1 Å². The number of epoxide rings is 1. The van der Waals surface area contributed by atoms with Gasteiger partial charge in [0.2, 0.25) is 5.78 Å². The molecule has 4 aliphatic rings. The molecular weight excluding hydrogens is 304 g/mol. The fourth-order valence-corrected chi connectivity index (χ4v) is 6.09. The molecule has 0 unspecified atom stereocenters. The molecule has 2 N–H and O–H groups in total. The Hall–Kier alpha value is -1.13. The minimum atomic E-state index is -1.02. The van der Waals surface area contributed by atoms with Crippen LogP contribution < -0.4 is 0 Å². The van der Waals surface area contributed by atoms with E-state index < -0.39 is 17.1 Å². The van der Waals surface area contributed by atoms with Crippen molar-refractivity contribution in [3.8, 4) is 0 Å². The van der Waals surface area contributed by atoms with Crippen LogP contribution in [0.5, 0.6) is 0 Å². The van der Waals surface area contributed by atoms with E-state index in [0.717, 1.165) is 19.3 Å². The van der Waals surface area contributed by atoms with E-state index in [9.17, 15) is 15.0 Å². The van der Waals surface area contributed by atoms with Crippen LogP contribution in [0.3, 0.4) is 0 Å². The number of hydrogen-bond donors (Lipinski definition) is 2. The second-order valence-corrected chi connectivity index (χ2v) is 9.27. The second kappa shape index (κ2) is 4.53. The Kier molecular flexibility index (Phi) is 3.08. The fraction of sp³-hybridized carbons (Fsp3) is 0.750. The van der Waals surface area contributed by atoms with Gasteiger partial charge in [-0.1, -0.05) is 26.8 Å². The van der Waals surface area contributed by atoms with Gasteiger partial charge in [-0.3, -0.25) is 4.79 Å². The Morgan fingerprint density at radius 2 is 2.00 bits per heavy atom. The van der Waals surface area contributed by atoms with Crippen LogP contribution in [0.4, 0.5) is 0 Å². The third-order valence-corrected chi connectivity index (χ3v) is 8.16. The van der Waals surface area contributed by atoms with Gasteiger partial charge >= 0.3 is 0 Å². The van der Waals surface area contributed by atoms with Crippen molar-refractivity contribution in [3.05, 3.63) is 24.5 Å². The largest absolute Gasteiger partial charge is 0.505 e. The zero-order valence-corrected chi connectivity index (χ0v) is 14.8. The fourth-order valence-electron chi connectivity index (χ4n) is 6.09. The smallest absolute Gasteiger partial charge is 0.231 e. The van der Waals surface area contributed by atoms with Crippen molar-refractivity contribution < 1.29 is 19.7 Å². The number of Topliss-reactive ketones (excluding diaryl/α,β-unsaturated/α-hetero) is 1. The average molecular weight is 332 g/mol. The average Bonchev–Trinajstić information content (AvgIpc) is 3.34. The van der Waals surface area contributed by atoms with Crippen LogP contribution >= 0.6 is 0 Å². The maximum Gasteiger partial charge on any atom is 0.231 e. The first-order valence-corrected chi connectivity index (χ1v) is 9.04. The van der Waals surface area contributed by atoms with Crippen LogP contribution in [0.25, 0.3) is 0 Å². The molecule has 0 aromatic heterocycles. The van der Waals surface area contributed by atoms with Gasteiger partial charge in [0.1, 0.15) is 0 Å². The molecule has 4 nitrogen and oxygen atoms in total. The number of fused-ring (bicyclic) bond motifs is 4. The van der Waals surface area contributed by atoms with E-state index in [-0.39, 0.29) is 28.3 Å². The predicted molar refractivity (Wildman–Crippen MR) is 90.4 cm³/mol. The topological polar surface area (TPSA) is 70.1 Å². The number of allylic oxidation sites excluding steroid dienone is 2. The summed E-state index contributed by atoms with van der Waals surface area (Å²) in [6.45, 7) is 10.8. The zero-order valence-electron chi connectivity index (χ0n) is 14.8. The minimum absolute atomic E-state index is 0.0515. The molecular formula is C20H28O4. The first-order chi connectivity index (χ1) is 11.1. The van der Waals surface area contributed by atoms with Gasteiger partial charge in [0, 0.05) is 5.41 Å². The number of carbonyl (C=O) groups excluding carboxylic acids is 1. The molecule has 3 fully saturated rings. The van der Waals surface area contributed by atoms with E-state index in [1.807, 2.05) is 6.92 Å². The molecule has 2 saturated carbocycles. The molecule has 132 valence electrons. The van der Waals surface area contributed by atoms with E-state index in [4.69, 9.17) is 4.74 Å². The van der Waals surface area contributed by atoms with Crippen molar-refractivity contribution in [2.45, 2.75) is 58.2 Å². The summed E-state index contributed by atoms with van der Waals surface area (Å²) in [4.78, 5) is 12.6. The molecule has 1 heterocycles. The molecule has 0 radical (unpaired) electrons. The van der Waals surface area contributed by atoms with Crippen LogP contribution in [-0.2, 0) is 9.53 Å². The van der Waals surface area contributed by atoms with Crippen molar-refractivity contribution in [3.63, 3.8) is 0 Å². The zero-order chi connectivity index (χ0) is 17.5. The summed E-state index contributed by atoms with van der Waals surface area (Å²) in [6.07, 6.45) is 6.89. The number of rotatable bonds is 1. The molecule has 3 aliphatic carbocycles. The number of carbonyl (C=O) groups is 1. The molecule has 1 spiro atoms. The minimum Gasteiger partial charge on any atom is -0.505 e. The summed E-state index contributed by atoms with van der Waals surface area (Å²) in [5.41, 5.74) is -1.64. The summed E-state index contributed by atoms with van der Waals surface area (Å²) in [6, 6.07) is 0. The molecule has 1 aliphatic heterocycles. The van der Waals surface area contributed by atoms with E-state index in [2.05, 4.69) is 26.5 Å². The standard InChI is InChI=1S/C20H28O4/c1-5-17(2)6-7-18(3)12(10-17)8-15(22)19(4)14(18)9-13(21)16(23)20(19)11-24-20/h5,9,12,14-15,21-22H,1,6-8,10-11H2,2-4H3/t12-,14+,15+,17-,18-,19+,20+/m0/s1. The third-order valence-electron chi connectivity index (χ3n) is 8.16. The Bertz CT molecular complexity index is 648. The highest BCUT2D eigenvalue weighted by Gasteiger charge is 2.76. The van der Waals surface area contributed by atoms with Gasteiger partial charge in [-0.25, -0.2) is 0 Å². The molecule has 0 aromatic carbocycles. The van der Waals surface area contributed by atoms with Crippen LogP contribution in [0.1, 0.15) is 46.5 Å². The molecule has 4 heteroatoms. The first-order valence-electron chi connectivity index (χ1n) is 9.04. The Balaban J connectivity index is 1.82. The van der Waals surface area contributed by atoms with Crippen LogP contribution in [-0.4, -0.2) is 34.3 Å². The van der Waals surface area contributed by atoms with Gasteiger partial charge in [-0.2, -0.15) is 0 Å². The Labute approximate surface area is 143 Å². The molecule has 24 heavy (non-hydrogen) atoms. The van der Waals surface area contributed by atoms with Gasteiger partial charge in [0.05, 0.1) is 12.7 Å². The molecule has 0 aromatic rings. The SMILES string of the molecule is C=C[C@@]1(C)CC[C@@]2(C)[C@@H](C[C@@H](O)[C@@]3(C)[C@@H]2C=C(O)C(=O)[C@]32CO2)C1. The number of ketones is 1. The molecule has 7 atom stereocenters. The monoisotopic (exact) mass is 332 g/mol. The Morgan fingerprint density at radius 3 is 2.58 bits per heavy atom. The maximum absolute atomic E-state index is 12.6. The summed E-state index contributed by atoms with van der Waals surface area (Å²) in [5.74, 6) is -0.251. The van der Waals surface area contributed by atoms with Gasteiger partial charge in [0.25, 0.3) is 0 Å². The lowest BCUT2D eigenvalue weighted by molar-refractivity contribution is -0.183. The normalized spacial score (nSPS) is 56.2. The summed E-state index contributed by atoms with van der Waals surface area (Å²) in [7, 11) is 0. The van der Waals surface area contributed by atoms with Gasteiger partial charge in [-0.15, -0.1) is 6.58 Å². The van der Waals surface area contributed by atoms with Crippen molar-refractivity contribution >= 4 is 5.78 Å². The lowest BCUT2D eigenvalue weighted by atomic mass is 9.41. The summed E-state index contributed by atoms with van der Waals surface area (Å²) in [5, 5.41) is 21.4. The van der Waals surface area contributed by atoms with Gasteiger partial charge < -0.3 is 14.9 Å². The lowest BCUT2D eigenvalue weighted by Gasteiger charge is -2.63. The van der Waals surface area contributed by atoms with E-state index in [1.54, 1.807) is 6.08 Å². The number of hydrogen-bond acceptors (Lipinski definition) is 4. The quantitative estimate of drug-likeness (QED) is 0.571. The highest BCUT2D eigenvalue weighted by atomic mass is 16.6. The summed E-state index contributed by atoms with van der Waals surface area (Å²) < 4.78 is 5.62. The van der Waals surface area contributed by atoms with Crippen molar-refractivity contribution in [2.24, 2.45) is 28.1 Å². The predicted octanol–water partition coefficient (Wildman–Crippen LogP) is 3.17. The van der Waals surface area contributed by atoms with E-state index in [0.29, 0.717) is 18.9 Å². The Morgan fingerprint density at radius 1 is 1.33 bits per heavy atom. The molecule has 4 rings (SSSR count). The summed E-state index contributed by atoms with van der Waals surface area (Å²) >= 11 is 0. The molecule has 0 bridgehead atoms. The second-order valence-electron chi connectivity index (χ2n) is 9.27. The van der Waals surface area contributed by atoms with Gasteiger partial charge in [0.15, 0.2) is 11.4 Å². The highest BCUT2D eigenvalue weighted by Crippen LogP contribution is 2.69. The van der Waals surface area contributed by atoms with Crippen molar-refractivity contribution in [1.29, 1.82) is 0 Å². The molecule has 0 amide bonds. The van der Waals surface area contributed by atoms with Gasteiger partial charge in [-0.05, 0) is 54.4 Å². The first kappa shape index (κ1) is 16.3. The highest BCUT2D eigenvalue weighted by molar-refractivity contribution is 6.03. The number of aliphatic hydroxyl groups excluding tert-OH is 2. The number of aliphatic hydroxyl groups is 2. The third kappa shape index (κ3) is 1.69. The van der Waals surface area contributed by atoms with Crippen molar-refractivity contribution in [2.75, 3.05) is 6.61 Å². The van der Waals surface area contributed by atoms with Crippen LogP contribution in [0.15, 0.2) is 24.5 Å². The maximum atomic E-state index is 12.6. The number of ether oxygens (including phenoxy) is 1. The van der Waals surface area contributed by atoms with Crippen LogP contribution in [0.2, 0.25) is 0 Å². The van der Waals surface area contributed by atoms with Crippen molar-refractivity contribution in [1.82, 2.24) is 0 Å².